The number of benzene rings is 1. The van der Waals surface area contributed by atoms with E-state index in [2.05, 4.69) is 15.3 Å². The maximum absolute atomic E-state index is 12.8. The van der Waals surface area contributed by atoms with Crippen LogP contribution in [-0.2, 0) is 0 Å². The quantitative estimate of drug-likeness (QED) is 0.797. The number of nitrogens with zero attached hydrogens (tertiary/aromatic N) is 4. The van der Waals surface area contributed by atoms with Gasteiger partial charge in [0, 0.05) is 49.0 Å². The van der Waals surface area contributed by atoms with Gasteiger partial charge in [0.15, 0.2) is 0 Å². The average Bonchev–Trinajstić information content (AvgIpc) is 3.34. The lowest BCUT2D eigenvalue weighted by molar-refractivity contribution is 0.0791. The fourth-order valence-corrected chi connectivity index (χ4v) is 3.10. The number of hydrogen-bond acceptors (Lipinski definition) is 4. The van der Waals surface area contributed by atoms with Gasteiger partial charge in [0.05, 0.1) is 0 Å². The molecule has 3 aromatic rings. The van der Waals surface area contributed by atoms with Gasteiger partial charge in [-0.05, 0) is 30.7 Å². The van der Waals surface area contributed by atoms with Gasteiger partial charge in [-0.25, -0.2) is 9.97 Å². The molecular weight excluding hydrogens is 314 g/mol. The highest BCUT2D eigenvalue weighted by Gasteiger charge is 2.27. The fourth-order valence-electron chi connectivity index (χ4n) is 3.10. The first kappa shape index (κ1) is 15.4. The number of amides is 1. The number of hydrogen-bond donors (Lipinski definition) is 1. The van der Waals surface area contributed by atoms with Gasteiger partial charge >= 0.3 is 0 Å². The van der Waals surface area contributed by atoms with Crippen molar-refractivity contribution in [3.8, 4) is 5.82 Å². The molecule has 0 radical (unpaired) electrons. The van der Waals surface area contributed by atoms with Crippen molar-refractivity contribution in [3.05, 3.63) is 72.9 Å². The molecule has 3 heterocycles. The zero-order chi connectivity index (χ0) is 17.1. The van der Waals surface area contributed by atoms with Gasteiger partial charge < -0.3 is 10.2 Å². The Hall–Kier alpha value is -3.15. The van der Waals surface area contributed by atoms with Gasteiger partial charge in [-0.3, -0.25) is 9.36 Å². The SMILES string of the molecule is O=C(c1ccnc(-n2ccnc2)c1)N1CCC(Nc2ccccc2)C1. The molecule has 1 amide bonds. The Morgan fingerprint density at radius 3 is 2.84 bits per heavy atom. The number of para-hydroxylation sites is 1. The number of aromatic nitrogens is 3. The third kappa shape index (κ3) is 3.38. The van der Waals surface area contributed by atoms with Crippen molar-refractivity contribution in [2.24, 2.45) is 0 Å². The number of pyridine rings is 1. The van der Waals surface area contributed by atoms with Gasteiger partial charge in [-0.1, -0.05) is 18.2 Å². The van der Waals surface area contributed by atoms with Crippen LogP contribution in [-0.4, -0.2) is 44.5 Å². The molecule has 6 heteroatoms. The summed E-state index contributed by atoms with van der Waals surface area (Å²) < 4.78 is 1.79. The van der Waals surface area contributed by atoms with Crippen molar-refractivity contribution in [2.75, 3.05) is 18.4 Å². The molecule has 126 valence electrons. The summed E-state index contributed by atoms with van der Waals surface area (Å²) in [6, 6.07) is 14.0. The van der Waals surface area contributed by atoms with E-state index in [-0.39, 0.29) is 11.9 Å². The number of carbonyl (C=O) groups is 1. The summed E-state index contributed by atoms with van der Waals surface area (Å²) in [6.45, 7) is 1.46. The first-order valence-electron chi connectivity index (χ1n) is 8.35. The Balaban J connectivity index is 1.44. The largest absolute Gasteiger partial charge is 0.380 e. The number of rotatable bonds is 4. The van der Waals surface area contributed by atoms with Crippen LogP contribution >= 0.6 is 0 Å². The second-order valence-corrected chi connectivity index (χ2v) is 6.12. The van der Waals surface area contributed by atoms with Crippen molar-refractivity contribution in [1.29, 1.82) is 0 Å². The Morgan fingerprint density at radius 1 is 1.16 bits per heavy atom. The smallest absolute Gasteiger partial charge is 0.254 e. The molecular formula is C19H19N5O. The molecule has 6 nitrogen and oxygen atoms in total. The topological polar surface area (TPSA) is 63.1 Å². The number of carbonyl (C=O) groups excluding carboxylic acids is 1. The molecule has 2 aromatic heterocycles. The van der Waals surface area contributed by atoms with E-state index in [0.717, 1.165) is 18.7 Å². The molecule has 1 aliphatic heterocycles. The van der Waals surface area contributed by atoms with Gasteiger partial charge in [-0.2, -0.15) is 0 Å². The van der Waals surface area contributed by atoms with E-state index in [9.17, 15) is 4.79 Å². The molecule has 1 atom stereocenters. The lowest BCUT2D eigenvalue weighted by atomic mass is 10.2. The monoisotopic (exact) mass is 333 g/mol. The third-order valence-corrected chi connectivity index (χ3v) is 4.38. The van der Waals surface area contributed by atoms with E-state index in [1.807, 2.05) is 47.5 Å². The summed E-state index contributed by atoms with van der Waals surface area (Å²) in [7, 11) is 0. The highest BCUT2D eigenvalue weighted by molar-refractivity contribution is 5.94. The van der Waals surface area contributed by atoms with Crippen molar-refractivity contribution >= 4 is 11.6 Å². The van der Waals surface area contributed by atoms with Crippen molar-refractivity contribution in [2.45, 2.75) is 12.5 Å². The minimum absolute atomic E-state index is 0.0427. The van der Waals surface area contributed by atoms with Crippen LogP contribution in [0.1, 0.15) is 16.8 Å². The van der Waals surface area contributed by atoms with Crippen LogP contribution in [0.5, 0.6) is 0 Å². The number of imidazole rings is 1. The Kier molecular flexibility index (Phi) is 4.16. The zero-order valence-corrected chi connectivity index (χ0v) is 13.7. The molecule has 1 saturated heterocycles. The van der Waals surface area contributed by atoms with Gasteiger partial charge in [0.25, 0.3) is 5.91 Å². The fraction of sp³-hybridized carbons (Fsp3) is 0.211. The van der Waals surface area contributed by atoms with Crippen LogP contribution in [0.2, 0.25) is 0 Å². The highest BCUT2D eigenvalue weighted by Crippen LogP contribution is 2.18. The lowest BCUT2D eigenvalue weighted by Crippen LogP contribution is -2.31. The summed E-state index contributed by atoms with van der Waals surface area (Å²) in [5, 5.41) is 3.49. The Morgan fingerprint density at radius 2 is 2.04 bits per heavy atom. The molecule has 0 saturated carbocycles. The predicted molar refractivity (Wildman–Crippen MR) is 95.7 cm³/mol. The van der Waals surface area contributed by atoms with Crippen LogP contribution in [0.3, 0.4) is 0 Å². The summed E-state index contributed by atoms with van der Waals surface area (Å²) in [5.41, 5.74) is 1.74. The van der Waals surface area contributed by atoms with E-state index in [1.54, 1.807) is 29.4 Å². The minimum atomic E-state index is 0.0427. The summed E-state index contributed by atoms with van der Waals surface area (Å²) in [4.78, 5) is 23.0. The van der Waals surface area contributed by atoms with Gasteiger partial charge in [0.2, 0.25) is 0 Å². The number of anilines is 1. The van der Waals surface area contributed by atoms with E-state index >= 15 is 0 Å². The van der Waals surface area contributed by atoms with E-state index in [0.29, 0.717) is 17.9 Å². The van der Waals surface area contributed by atoms with Crippen LogP contribution in [0.15, 0.2) is 67.4 Å². The molecule has 1 unspecified atom stereocenters. The summed E-state index contributed by atoms with van der Waals surface area (Å²) >= 11 is 0. The molecule has 0 spiro atoms. The Bertz CT molecular complexity index is 847. The van der Waals surface area contributed by atoms with Crippen LogP contribution in [0.4, 0.5) is 5.69 Å². The first-order chi connectivity index (χ1) is 12.3. The van der Waals surface area contributed by atoms with E-state index < -0.39 is 0 Å². The number of nitrogens with one attached hydrogen (secondary N) is 1. The minimum Gasteiger partial charge on any atom is -0.380 e. The second kappa shape index (κ2) is 6.76. The normalized spacial score (nSPS) is 16.8. The molecule has 1 N–H and O–H groups in total. The van der Waals surface area contributed by atoms with Crippen molar-refractivity contribution in [3.63, 3.8) is 0 Å². The summed E-state index contributed by atoms with van der Waals surface area (Å²) in [6.07, 6.45) is 7.79. The van der Waals surface area contributed by atoms with Crippen molar-refractivity contribution in [1.82, 2.24) is 19.4 Å². The average molecular weight is 333 g/mol. The zero-order valence-electron chi connectivity index (χ0n) is 13.7. The molecule has 25 heavy (non-hydrogen) atoms. The molecule has 1 aromatic carbocycles. The lowest BCUT2D eigenvalue weighted by Gasteiger charge is -2.18. The maximum atomic E-state index is 12.8. The Labute approximate surface area is 146 Å². The molecule has 4 rings (SSSR count). The van der Waals surface area contributed by atoms with Gasteiger partial charge in [0.1, 0.15) is 12.1 Å². The van der Waals surface area contributed by atoms with E-state index in [4.69, 9.17) is 0 Å². The molecule has 0 bridgehead atoms. The van der Waals surface area contributed by atoms with Crippen LogP contribution in [0.25, 0.3) is 5.82 Å². The molecule has 1 aliphatic rings. The van der Waals surface area contributed by atoms with Gasteiger partial charge in [-0.15, -0.1) is 0 Å². The molecule has 1 fully saturated rings. The van der Waals surface area contributed by atoms with Crippen LogP contribution in [0, 0.1) is 0 Å². The van der Waals surface area contributed by atoms with Crippen molar-refractivity contribution < 1.29 is 4.79 Å². The predicted octanol–water partition coefficient (Wildman–Crippen LogP) is 2.59. The maximum Gasteiger partial charge on any atom is 0.254 e. The first-order valence-corrected chi connectivity index (χ1v) is 8.35. The molecule has 0 aliphatic carbocycles. The summed E-state index contributed by atoms with van der Waals surface area (Å²) in [5.74, 6) is 0.739. The number of likely N-dealkylation sites (tertiary alicyclic amines) is 1. The highest BCUT2D eigenvalue weighted by atomic mass is 16.2. The van der Waals surface area contributed by atoms with E-state index in [1.165, 1.54) is 0 Å². The third-order valence-electron chi connectivity index (χ3n) is 4.38. The second-order valence-electron chi connectivity index (χ2n) is 6.12. The van der Waals surface area contributed by atoms with Crippen LogP contribution < -0.4 is 5.32 Å². The standard InChI is InChI=1S/C19H19N5O/c25-19(15-6-8-21-18(12-15)24-11-9-20-14-24)23-10-7-17(13-23)22-16-4-2-1-3-5-16/h1-6,8-9,11-12,14,17,22H,7,10,13H2.